The molecule has 0 aromatic carbocycles. The number of furan rings is 1. The first kappa shape index (κ1) is 12.9. The maximum Gasteiger partial charge on any atom is 0.105 e. The average molecular weight is 260 g/mol. The number of aryl methyl sites for hydroxylation is 2. The smallest absolute Gasteiger partial charge is 0.105 e. The minimum Gasteiger partial charge on any atom is -0.466 e. The van der Waals surface area contributed by atoms with Crippen LogP contribution in [-0.2, 0) is 6.54 Å². The number of nitrogens with one attached hydrogen (secondary N) is 1. The lowest BCUT2D eigenvalue weighted by Crippen LogP contribution is -2.17. The Kier molecular flexibility index (Phi) is 3.85. The normalized spacial score (nSPS) is 12.3. The van der Waals surface area contributed by atoms with Gasteiger partial charge in [-0.3, -0.25) is 0 Å². The molecule has 0 fully saturated rings. The van der Waals surface area contributed by atoms with Gasteiger partial charge in [0.2, 0.25) is 0 Å². The van der Waals surface area contributed by atoms with E-state index in [4.69, 9.17) is 9.68 Å². The van der Waals surface area contributed by atoms with Crippen LogP contribution in [0, 0.1) is 25.2 Å². The monoisotopic (exact) mass is 260 g/mol. The molecule has 3 nitrogen and oxygen atoms in total. The zero-order valence-electron chi connectivity index (χ0n) is 10.8. The van der Waals surface area contributed by atoms with E-state index in [2.05, 4.69) is 24.4 Å². The quantitative estimate of drug-likeness (QED) is 0.912. The van der Waals surface area contributed by atoms with Crippen LogP contribution in [0.1, 0.15) is 40.5 Å². The van der Waals surface area contributed by atoms with Crippen LogP contribution >= 0.6 is 11.3 Å². The van der Waals surface area contributed by atoms with Gasteiger partial charge in [0.15, 0.2) is 0 Å². The number of nitrogens with zero attached hydrogens (tertiary/aromatic N) is 1. The molecule has 1 N–H and O–H groups in total. The van der Waals surface area contributed by atoms with Crippen molar-refractivity contribution in [2.24, 2.45) is 0 Å². The molecule has 0 saturated carbocycles. The van der Waals surface area contributed by atoms with Gasteiger partial charge in [0.25, 0.3) is 0 Å². The summed E-state index contributed by atoms with van der Waals surface area (Å²) in [6.45, 7) is 6.84. The molecule has 1 atom stereocenters. The van der Waals surface area contributed by atoms with Crippen molar-refractivity contribution in [2.75, 3.05) is 0 Å². The van der Waals surface area contributed by atoms with Gasteiger partial charge >= 0.3 is 0 Å². The molecule has 0 radical (unpaired) electrons. The maximum absolute atomic E-state index is 8.77. The second kappa shape index (κ2) is 5.38. The molecule has 1 unspecified atom stereocenters. The zero-order chi connectivity index (χ0) is 13.1. The molecule has 2 rings (SSSR count). The first-order chi connectivity index (χ1) is 8.60. The molecule has 0 aliphatic rings. The molecule has 0 aliphatic heterocycles. The van der Waals surface area contributed by atoms with Gasteiger partial charge < -0.3 is 9.73 Å². The first-order valence-corrected chi connectivity index (χ1v) is 6.76. The highest BCUT2D eigenvalue weighted by Gasteiger charge is 2.12. The van der Waals surface area contributed by atoms with Gasteiger partial charge in [-0.15, -0.1) is 11.3 Å². The van der Waals surface area contributed by atoms with Crippen LogP contribution in [0.3, 0.4) is 0 Å². The molecule has 2 aromatic rings. The van der Waals surface area contributed by atoms with Crippen molar-refractivity contribution < 1.29 is 4.42 Å². The molecule has 18 heavy (non-hydrogen) atoms. The molecule has 94 valence electrons. The summed E-state index contributed by atoms with van der Waals surface area (Å²) in [5.74, 6) is 1.91. The zero-order valence-corrected chi connectivity index (χ0v) is 11.6. The van der Waals surface area contributed by atoms with Crippen LogP contribution in [0.4, 0.5) is 0 Å². The summed E-state index contributed by atoms with van der Waals surface area (Å²) in [5, 5.41) is 14.1. The van der Waals surface area contributed by atoms with E-state index in [1.807, 2.05) is 25.3 Å². The standard InChI is InChI=1S/C14H16N2OS/c1-9-4-14(11(3)17-9)10(2)16-7-13-5-12(6-15)8-18-13/h4-5,8,10,16H,7H2,1-3H3. The summed E-state index contributed by atoms with van der Waals surface area (Å²) < 4.78 is 5.53. The van der Waals surface area contributed by atoms with Crippen molar-refractivity contribution in [2.45, 2.75) is 33.4 Å². The van der Waals surface area contributed by atoms with Crippen LogP contribution in [0.25, 0.3) is 0 Å². The van der Waals surface area contributed by atoms with E-state index >= 15 is 0 Å². The number of thiophene rings is 1. The third-order valence-electron chi connectivity index (χ3n) is 2.91. The largest absolute Gasteiger partial charge is 0.466 e. The first-order valence-electron chi connectivity index (χ1n) is 5.88. The lowest BCUT2D eigenvalue weighted by atomic mass is 10.1. The molecule has 0 amide bonds. The Balaban J connectivity index is 1.98. The van der Waals surface area contributed by atoms with Gasteiger partial charge in [0, 0.05) is 28.4 Å². The Morgan fingerprint density at radius 1 is 1.44 bits per heavy atom. The molecule has 0 spiro atoms. The van der Waals surface area contributed by atoms with E-state index < -0.39 is 0 Å². The van der Waals surface area contributed by atoms with Crippen LogP contribution < -0.4 is 5.32 Å². The lowest BCUT2D eigenvalue weighted by molar-refractivity contribution is 0.490. The predicted molar refractivity (Wildman–Crippen MR) is 72.5 cm³/mol. The minimum absolute atomic E-state index is 0.245. The van der Waals surface area contributed by atoms with Crippen LogP contribution in [-0.4, -0.2) is 0 Å². The lowest BCUT2D eigenvalue weighted by Gasteiger charge is -2.12. The second-order valence-corrected chi connectivity index (χ2v) is 5.38. The van der Waals surface area contributed by atoms with E-state index in [1.54, 1.807) is 11.3 Å². The van der Waals surface area contributed by atoms with Gasteiger partial charge in [0.1, 0.15) is 17.6 Å². The maximum atomic E-state index is 8.77. The summed E-state index contributed by atoms with van der Waals surface area (Å²) in [5.41, 5.74) is 1.93. The molecule has 2 heterocycles. The van der Waals surface area contributed by atoms with Crippen molar-refractivity contribution in [3.63, 3.8) is 0 Å². The Labute approximate surface area is 111 Å². The third-order valence-corrected chi connectivity index (χ3v) is 3.85. The second-order valence-electron chi connectivity index (χ2n) is 4.38. The SMILES string of the molecule is Cc1cc(C(C)NCc2cc(C#N)cs2)c(C)o1. The fraction of sp³-hybridized carbons (Fsp3) is 0.357. The Bertz CT molecular complexity index is 577. The Morgan fingerprint density at radius 3 is 2.78 bits per heavy atom. The Morgan fingerprint density at radius 2 is 2.22 bits per heavy atom. The minimum atomic E-state index is 0.245. The van der Waals surface area contributed by atoms with Gasteiger partial charge in [0.05, 0.1) is 5.56 Å². The Hall–Kier alpha value is -1.57. The van der Waals surface area contributed by atoms with Crippen molar-refractivity contribution in [1.29, 1.82) is 5.26 Å². The molecule has 0 bridgehead atoms. The summed E-state index contributed by atoms with van der Waals surface area (Å²) in [6.07, 6.45) is 0. The number of nitriles is 1. The van der Waals surface area contributed by atoms with Gasteiger partial charge in [-0.1, -0.05) is 0 Å². The summed E-state index contributed by atoms with van der Waals surface area (Å²) in [4.78, 5) is 1.18. The highest BCUT2D eigenvalue weighted by Crippen LogP contribution is 2.22. The summed E-state index contributed by atoms with van der Waals surface area (Å²) >= 11 is 1.61. The third kappa shape index (κ3) is 2.81. The topological polar surface area (TPSA) is 49.0 Å². The fourth-order valence-electron chi connectivity index (χ4n) is 1.98. The molecule has 0 saturated heterocycles. The van der Waals surface area contributed by atoms with Gasteiger partial charge in [-0.05, 0) is 32.9 Å². The van der Waals surface area contributed by atoms with Crippen molar-refractivity contribution >= 4 is 11.3 Å². The van der Waals surface area contributed by atoms with Crippen LogP contribution in [0.2, 0.25) is 0 Å². The predicted octanol–water partition coefficient (Wildman–Crippen LogP) is 3.68. The molecule has 2 aromatic heterocycles. The van der Waals surface area contributed by atoms with Crippen molar-refractivity contribution in [3.05, 3.63) is 45.0 Å². The van der Waals surface area contributed by atoms with E-state index in [9.17, 15) is 0 Å². The number of hydrogen-bond donors (Lipinski definition) is 1. The highest BCUT2D eigenvalue weighted by molar-refractivity contribution is 7.10. The molecule has 4 heteroatoms. The number of rotatable bonds is 4. The van der Waals surface area contributed by atoms with Gasteiger partial charge in [-0.25, -0.2) is 0 Å². The summed E-state index contributed by atoms with van der Waals surface area (Å²) in [7, 11) is 0. The van der Waals surface area contributed by atoms with Crippen molar-refractivity contribution in [1.82, 2.24) is 5.32 Å². The highest BCUT2D eigenvalue weighted by atomic mass is 32.1. The van der Waals surface area contributed by atoms with E-state index in [1.165, 1.54) is 10.4 Å². The van der Waals surface area contributed by atoms with E-state index in [0.29, 0.717) is 0 Å². The van der Waals surface area contributed by atoms with Crippen molar-refractivity contribution in [3.8, 4) is 6.07 Å². The fourth-order valence-corrected chi connectivity index (χ4v) is 2.74. The summed E-state index contributed by atoms with van der Waals surface area (Å²) in [6, 6.07) is 6.39. The number of hydrogen-bond acceptors (Lipinski definition) is 4. The molecule has 0 aliphatic carbocycles. The van der Waals surface area contributed by atoms with Gasteiger partial charge in [-0.2, -0.15) is 5.26 Å². The van der Waals surface area contributed by atoms with Crippen LogP contribution in [0.5, 0.6) is 0 Å². The average Bonchev–Trinajstić information content (AvgIpc) is 2.92. The van der Waals surface area contributed by atoms with E-state index in [-0.39, 0.29) is 6.04 Å². The molecular formula is C14H16N2OS. The molecular weight excluding hydrogens is 244 g/mol. The van der Waals surface area contributed by atoms with Crippen LogP contribution in [0.15, 0.2) is 21.9 Å². The van der Waals surface area contributed by atoms with E-state index in [0.717, 1.165) is 23.6 Å².